The number of rotatable bonds is 3. The Morgan fingerprint density at radius 3 is 2.31 bits per heavy atom. The number of aliphatic hydroxyl groups is 1. The molecule has 4 heteroatoms. The molecule has 1 rings (SSSR count). The quantitative estimate of drug-likeness (QED) is 0.769. The molecule has 1 fully saturated rings. The summed E-state index contributed by atoms with van der Waals surface area (Å²) in [5, 5.41) is 9.14. The van der Waals surface area contributed by atoms with Crippen molar-refractivity contribution in [3.63, 3.8) is 0 Å². The fourth-order valence-electron chi connectivity index (χ4n) is 1.87. The van der Waals surface area contributed by atoms with Crippen LogP contribution >= 0.6 is 15.9 Å². The molecule has 13 heavy (non-hydrogen) atoms. The standard InChI is InChI=1S/C9H15BrF2O/c10-9(11,12)8(13)6-7-4-2-1-3-5-7/h7-8,13H,1-6H2. The normalized spacial score (nSPS) is 23.1. The van der Waals surface area contributed by atoms with Gasteiger partial charge in [-0.15, -0.1) is 0 Å². The van der Waals surface area contributed by atoms with Crippen LogP contribution in [0.1, 0.15) is 38.5 Å². The third kappa shape index (κ3) is 3.90. The molecule has 0 radical (unpaired) electrons. The number of alkyl halides is 3. The van der Waals surface area contributed by atoms with E-state index in [9.17, 15) is 8.78 Å². The van der Waals surface area contributed by atoms with E-state index in [0.29, 0.717) is 0 Å². The van der Waals surface area contributed by atoms with Crippen molar-refractivity contribution in [2.24, 2.45) is 5.92 Å². The molecule has 0 heterocycles. The minimum Gasteiger partial charge on any atom is -0.386 e. The molecule has 1 N–H and O–H groups in total. The first-order valence-corrected chi connectivity index (χ1v) is 5.54. The van der Waals surface area contributed by atoms with Crippen molar-refractivity contribution in [1.29, 1.82) is 0 Å². The highest BCUT2D eigenvalue weighted by molar-refractivity contribution is 9.10. The van der Waals surface area contributed by atoms with Gasteiger partial charge in [-0.2, -0.15) is 8.78 Å². The molecule has 0 aromatic rings. The van der Waals surface area contributed by atoms with E-state index in [1.807, 2.05) is 0 Å². The van der Waals surface area contributed by atoms with Crippen LogP contribution in [0.15, 0.2) is 0 Å². The molecule has 78 valence electrons. The average molecular weight is 257 g/mol. The van der Waals surface area contributed by atoms with Crippen LogP contribution in [0.5, 0.6) is 0 Å². The highest BCUT2D eigenvalue weighted by Gasteiger charge is 2.36. The predicted octanol–water partition coefficient (Wildman–Crippen LogP) is 3.31. The highest BCUT2D eigenvalue weighted by atomic mass is 79.9. The van der Waals surface area contributed by atoms with Gasteiger partial charge in [-0.1, -0.05) is 32.1 Å². The molecule has 0 bridgehead atoms. The van der Waals surface area contributed by atoms with Crippen LogP contribution in [0.3, 0.4) is 0 Å². The van der Waals surface area contributed by atoms with E-state index in [-0.39, 0.29) is 12.3 Å². The van der Waals surface area contributed by atoms with E-state index in [2.05, 4.69) is 15.9 Å². The Balaban J connectivity index is 2.30. The maximum absolute atomic E-state index is 12.5. The van der Waals surface area contributed by atoms with E-state index in [1.54, 1.807) is 0 Å². The molecule has 0 spiro atoms. The summed E-state index contributed by atoms with van der Waals surface area (Å²) < 4.78 is 25.1. The molecule has 0 amide bonds. The summed E-state index contributed by atoms with van der Waals surface area (Å²) in [7, 11) is 0. The molecule has 1 nitrogen and oxygen atoms in total. The summed E-state index contributed by atoms with van der Waals surface area (Å²) in [4.78, 5) is -3.12. The van der Waals surface area contributed by atoms with Gasteiger partial charge in [0.1, 0.15) is 6.10 Å². The van der Waals surface area contributed by atoms with Crippen molar-refractivity contribution in [2.45, 2.75) is 49.5 Å². The zero-order valence-electron chi connectivity index (χ0n) is 7.48. The molecule has 1 aliphatic carbocycles. The van der Waals surface area contributed by atoms with Crippen molar-refractivity contribution < 1.29 is 13.9 Å². The second-order valence-electron chi connectivity index (χ2n) is 3.80. The number of hydrogen-bond acceptors (Lipinski definition) is 1. The second kappa shape index (κ2) is 4.69. The van der Waals surface area contributed by atoms with Crippen molar-refractivity contribution in [1.82, 2.24) is 0 Å². The highest BCUT2D eigenvalue weighted by Crippen LogP contribution is 2.34. The Bertz CT molecular complexity index is 152. The maximum Gasteiger partial charge on any atom is 0.326 e. The Morgan fingerprint density at radius 1 is 1.31 bits per heavy atom. The summed E-state index contributed by atoms with van der Waals surface area (Å²) in [6.45, 7) is 0. The van der Waals surface area contributed by atoms with E-state index in [1.165, 1.54) is 6.42 Å². The lowest BCUT2D eigenvalue weighted by molar-refractivity contribution is -0.0417. The zero-order chi connectivity index (χ0) is 9.90. The van der Waals surface area contributed by atoms with Crippen LogP contribution in [0, 0.1) is 5.92 Å². The van der Waals surface area contributed by atoms with Crippen LogP contribution in [-0.2, 0) is 0 Å². The van der Waals surface area contributed by atoms with Crippen LogP contribution in [0.25, 0.3) is 0 Å². The van der Waals surface area contributed by atoms with E-state index in [4.69, 9.17) is 5.11 Å². The third-order valence-electron chi connectivity index (χ3n) is 2.66. The zero-order valence-corrected chi connectivity index (χ0v) is 9.06. The lowest BCUT2D eigenvalue weighted by Gasteiger charge is -2.25. The third-order valence-corrected chi connectivity index (χ3v) is 3.19. The van der Waals surface area contributed by atoms with Gasteiger partial charge in [0.05, 0.1) is 0 Å². The average Bonchev–Trinajstić information content (AvgIpc) is 2.04. The van der Waals surface area contributed by atoms with Gasteiger partial charge >= 0.3 is 4.83 Å². The first-order valence-electron chi connectivity index (χ1n) is 4.75. The molecule has 1 saturated carbocycles. The Morgan fingerprint density at radius 2 is 1.85 bits per heavy atom. The fourth-order valence-corrected chi connectivity index (χ4v) is 2.06. The van der Waals surface area contributed by atoms with Crippen LogP contribution in [0.4, 0.5) is 8.78 Å². The summed E-state index contributed by atoms with van der Waals surface area (Å²) in [5.41, 5.74) is 0. The summed E-state index contributed by atoms with van der Waals surface area (Å²) in [5.74, 6) is 0.284. The fraction of sp³-hybridized carbons (Fsp3) is 1.00. The Kier molecular flexibility index (Phi) is 4.10. The van der Waals surface area contributed by atoms with Gasteiger partial charge in [-0.05, 0) is 28.3 Å². The molecule has 0 saturated heterocycles. The summed E-state index contributed by atoms with van der Waals surface area (Å²) in [6, 6.07) is 0. The monoisotopic (exact) mass is 256 g/mol. The molecular weight excluding hydrogens is 242 g/mol. The predicted molar refractivity (Wildman–Crippen MR) is 51.1 cm³/mol. The molecule has 0 aliphatic heterocycles. The Labute approximate surface area is 85.6 Å². The number of aliphatic hydroxyl groups excluding tert-OH is 1. The van der Waals surface area contributed by atoms with Crippen LogP contribution in [-0.4, -0.2) is 16.0 Å². The van der Waals surface area contributed by atoms with Crippen molar-refractivity contribution in [3.05, 3.63) is 0 Å². The first-order chi connectivity index (χ1) is 6.00. The molecule has 0 aromatic heterocycles. The molecule has 1 aliphatic rings. The molecule has 1 atom stereocenters. The lowest BCUT2D eigenvalue weighted by atomic mass is 9.85. The van der Waals surface area contributed by atoms with Gasteiger partial charge in [-0.3, -0.25) is 0 Å². The van der Waals surface area contributed by atoms with Crippen LogP contribution in [0.2, 0.25) is 0 Å². The Hall–Kier alpha value is 0.300. The van der Waals surface area contributed by atoms with Gasteiger partial charge in [0.2, 0.25) is 0 Å². The number of hydrogen-bond donors (Lipinski definition) is 1. The molecule has 0 aromatic carbocycles. The molecule has 1 unspecified atom stereocenters. The van der Waals surface area contributed by atoms with Crippen molar-refractivity contribution in [3.8, 4) is 0 Å². The van der Waals surface area contributed by atoms with Crippen LogP contribution < -0.4 is 0 Å². The first kappa shape index (κ1) is 11.4. The minimum absolute atomic E-state index is 0.220. The largest absolute Gasteiger partial charge is 0.386 e. The summed E-state index contributed by atoms with van der Waals surface area (Å²) >= 11 is 2.19. The van der Waals surface area contributed by atoms with Gasteiger partial charge in [0.15, 0.2) is 0 Å². The van der Waals surface area contributed by atoms with Gasteiger partial charge < -0.3 is 5.11 Å². The topological polar surface area (TPSA) is 20.2 Å². The van der Waals surface area contributed by atoms with Gasteiger partial charge in [0, 0.05) is 0 Å². The SMILES string of the molecule is OC(CC1CCCCC1)C(F)(F)Br. The smallest absolute Gasteiger partial charge is 0.326 e. The van der Waals surface area contributed by atoms with Gasteiger partial charge in [-0.25, -0.2) is 0 Å². The summed E-state index contributed by atoms with van der Waals surface area (Å²) in [6.07, 6.45) is 4.10. The maximum atomic E-state index is 12.5. The van der Waals surface area contributed by atoms with Gasteiger partial charge in [0.25, 0.3) is 0 Å². The van der Waals surface area contributed by atoms with E-state index >= 15 is 0 Å². The minimum atomic E-state index is -3.12. The van der Waals surface area contributed by atoms with E-state index < -0.39 is 10.9 Å². The second-order valence-corrected chi connectivity index (χ2v) is 4.85. The van der Waals surface area contributed by atoms with Crippen molar-refractivity contribution >= 4 is 15.9 Å². The lowest BCUT2D eigenvalue weighted by Crippen LogP contribution is -2.29. The molecular formula is C9H15BrF2O. The number of halogens is 3. The van der Waals surface area contributed by atoms with Crippen molar-refractivity contribution in [2.75, 3.05) is 0 Å². The van der Waals surface area contributed by atoms with E-state index in [0.717, 1.165) is 25.7 Å².